The van der Waals surface area contributed by atoms with Gasteiger partial charge in [0.15, 0.2) is 50.3 Å². The van der Waals surface area contributed by atoms with Crippen LogP contribution in [-0.4, -0.2) is 433 Å². The van der Waals surface area contributed by atoms with Crippen LogP contribution < -0.4 is 16.0 Å². The van der Waals surface area contributed by atoms with E-state index in [4.69, 9.17) is 71.1 Å². The van der Waals surface area contributed by atoms with E-state index < -0.39 is 316 Å². The molecule has 44 nitrogen and oxygen atoms in total. The summed E-state index contributed by atoms with van der Waals surface area (Å²) in [4.78, 5) is 37.8. The number of aliphatic hydroxyl groups excluding tert-OH is 23. The first-order valence-corrected chi connectivity index (χ1v) is 31.1. The highest BCUT2D eigenvalue weighted by molar-refractivity contribution is 5.74. The number of nitrogens with one attached hydrogen (secondary N) is 3. The molecule has 8 rings (SSSR count). The molecule has 8 heterocycles. The summed E-state index contributed by atoms with van der Waals surface area (Å²) in [5.41, 5.74) is 0. The van der Waals surface area contributed by atoms with Crippen molar-refractivity contribution in [3.8, 4) is 0 Å². The van der Waals surface area contributed by atoms with Crippen molar-refractivity contribution in [1.29, 1.82) is 0 Å². The van der Waals surface area contributed by atoms with Gasteiger partial charge in [-0.25, -0.2) is 0 Å². The Bertz CT molecular complexity index is 2510. The molecule has 0 spiro atoms. The lowest BCUT2D eigenvalue weighted by Gasteiger charge is -2.50. The molecule has 0 aliphatic carbocycles. The van der Waals surface area contributed by atoms with Crippen LogP contribution >= 0.6 is 0 Å². The van der Waals surface area contributed by atoms with E-state index in [1.807, 2.05) is 0 Å². The summed E-state index contributed by atoms with van der Waals surface area (Å²) in [7, 11) is 0. The van der Waals surface area contributed by atoms with Crippen LogP contribution in [0.25, 0.3) is 0 Å². The quantitative estimate of drug-likeness (QED) is 0.0404. The Labute approximate surface area is 554 Å². The van der Waals surface area contributed by atoms with Crippen molar-refractivity contribution in [1.82, 2.24) is 16.0 Å². The largest absolute Gasteiger partial charge is 0.394 e. The molecule has 0 unspecified atom stereocenters. The minimum atomic E-state index is -2.41. The van der Waals surface area contributed by atoms with Crippen LogP contribution in [0.5, 0.6) is 0 Å². The molecule has 568 valence electrons. The number of hydrogen-bond acceptors (Lipinski definition) is 41. The van der Waals surface area contributed by atoms with E-state index in [1.165, 1.54) is 0 Å². The predicted octanol–water partition coefficient (Wildman–Crippen LogP) is -18.0. The maximum absolute atomic E-state index is 13.0. The van der Waals surface area contributed by atoms with E-state index >= 15 is 0 Å². The maximum Gasteiger partial charge on any atom is 0.217 e. The lowest BCUT2D eigenvalue weighted by atomic mass is 9.93. The average Bonchev–Trinajstić information content (AvgIpc) is 0.769. The number of hydrogen-bond donors (Lipinski definition) is 26. The third-order valence-electron chi connectivity index (χ3n) is 17.8. The molecule has 44 heteroatoms. The minimum Gasteiger partial charge on any atom is -0.394 e. The van der Waals surface area contributed by atoms with Crippen molar-refractivity contribution in [3.05, 3.63) is 0 Å². The van der Waals surface area contributed by atoms with E-state index in [-0.39, 0.29) is 0 Å². The Morgan fingerprint density at radius 3 is 1.05 bits per heavy atom. The summed E-state index contributed by atoms with van der Waals surface area (Å²) >= 11 is 0. The predicted molar refractivity (Wildman–Crippen MR) is 299 cm³/mol. The van der Waals surface area contributed by atoms with Gasteiger partial charge in [-0.3, -0.25) is 14.4 Å². The first kappa shape index (κ1) is 80.6. The highest BCUT2D eigenvalue weighted by Crippen LogP contribution is 2.38. The molecular weight excluding hydrogens is 1350 g/mol. The second-order valence-corrected chi connectivity index (χ2v) is 24.7. The normalized spacial score (nSPS) is 49.5. The van der Waals surface area contributed by atoms with Gasteiger partial charge in [0.25, 0.3) is 0 Å². The monoisotopic (exact) mass is 1440 g/mol. The molecule has 0 aromatic heterocycles. The van der Waals surface area contributed by atoms with E-state index in [0.29, 0.717) is 0 Å². The topological polar surface area (TPSA) is 691 Å². The molecule has 0 bridgehead atoms. The zero-order valence-electron chi connectivity index (χ0n) is 52.4. The number of rotatable bonds is 25. The van der Waals surface area contributed by atoms with Gasteiger partial charge in [0.2, 0.25) is 17.7 Å². The Morgan fingerprint density at radius 2 is 0.571 bits per heavy atom. The molecule has 3 amide bonds. The standard InChI is InChI=1S/C54H91N3O41/c1-12(63)55-23-33(73)44(22(87-47(23)83)11-85-51-40(80)36(76)27(67)16(5-59)89-51)95-49-25(57-14(3)65)34(74)43(19(8-62)92-49)96-53-42(82)45(97-52-41(81)37(77)28(68)17(6-60)90-52)31(71)21(94-53)10-86-54-46(38(78)29(69)18(7-61)91-54)98-48-24(56-13(2)64)32(72)30(70)20(93-48)9-84-50-39(79)35(75)26(66)15(4-58)88-50/h15-54,58-62,66-83H,4-11H2,1-3H3,(H,55,63)(H,56,64)(H,57,65)/t15-,16-,17-,18-,19-,20-,21-,22-,23-,24-,25-,26-,27-,28-,29-,30-,31-,32-,33-,34-,35+,36+,37+,38+,39+,40+,41+,42+,43-,44-,45+,46+,47+,48-,49+,50+,51-,52+,53+,54+/m1/s1. The van der Waals surface area contributed by atoms with Gasteiger partial charge in [-0.15, -0.1) is 0 Å². The van der Waals surface area contributed by atoms with Crippen molar-refractivity contribution in [2.45, 2.75) is 266 Å². The van der Waals surface area contributed by atoms with E-state index in [9.17, 15) is 132 Å². The second-order valence-electron chi connectivity index (χ2n) is 24.7. The molecule has 8 aliphatic rings. The van der Waals surface area contributed by atoms with Gasteiger partial charge in [0.05, 0.1) is 52.9 Å². The Kier molecular flexibility index (Phi) is 28.9. The molecule has 0 saturated carbocycles. The summed E-state index contributed by atoms with van der Waals surface area (Å²) in [6.07, 6.45) is -73.7. The van der Waals surface area contributed by atoms with E-state index in [1.54, 1.807) is 0 Å². The molecule has 8 saturated heterocycles. The molecule has 0 radical (unpaired) electrons. The van der Waals surface area contributed by atoms with Gasteiger partial charge >= 0.3 is 0 Å². The molecule has 8 aliphatic heterocycles. The van der Waals surface area contributed by atoms with Crippen LogP contribution in [0.2, 0.25) is 0 Å². The highest BCUT2D eigenvalue weighted by Gasteiger charge is 2.59. The third-order valence-corrected chi connectivity index (χ3v) is 17.8. The van der Waals surface area contributed by atoms with Crippen LogP contribution in [0, 0.1) is 0 Å². The van der Waals surface area contributed by atoms with Crippen LogP contribution in [0.15, 0.2) is 0 Å². The third kappa shape index (κ3) is 17.8. The van der Waals surface area contributed by atoms with Gasteiger partial charge < -0.3 is 204 Å². The minimum absolute atomic E-state index is 0.818. The van der Waals surface area contributed by atoms with Crippen LogP contribution in [0.1, 0.15) is 20.8 Å². The van der Waals surface area contributed by atoms with Crippen molar-refractivity contribution in [2.75, 3.05) is 52.9 Å². The second kappa shape index (κ2) is 35.1. The van der Waals surface area contributed by atoms with Crippen LogP contribution in [0.4, 0.5) is 0 Å². The summed E-state index contributed by atoms with van der Waals surface area (Å²) < 4.78 is 87.1. The summed E-state index contributed by atoms with van der Waals surface area (Å²) in [5, 5.41) is 257. The van der Waals surface area contributed by atoms with Crippen molar-refractivity contribution >= 4 is 17.7 Å². The smallest absolute Gasteiger partial charge is 0.217 e. The maximum atomic E-state index is 13.0. The fourth-order valence-corrected chi connectivity index (χ4v) is 12.4. The molecule has 0 aromatic rings. The molecule has 0 aromatic carbocycles. The Balaban J connectivity index is 1.06. The van der Waals surface area contributed by atoms with Crippen molar-refractivity contribution in [2.24, 2.45) is 0 Å². The van der Waals surface area contributed by atoms with E-state index in [0.717, 1.165) is 20.8 Å². The highest BCUT2D eigenvalue weighted by atomic mass is 16.8. The van der Waals surface area contributed by atoms with Gasteiger partial charge in [-0.1, -0.05) is 0 Å². The lowest BCUT2D eigenvalue weighted by molar-refractivity contribution is -0.388. The number of ether oxygens (including phenoxy) is 15. The Morgan fingerprint density at radius 1 is 0.265 bits per heavy atom. The zero-order valence-corrected chi connectivity index (χ0v) is 52.4. The number of amides is 3. The molecule has 40 atom stereocenters. The van der Waals surface area contributed by atoms with Crippen LogP contribution in [0.3, 0.4) is 0 Å². The first-order valence-electron chi connectivity index (χ1n) is 31.1. The Hall–Kier alpha value is -3.11. The SMILES string of the molecule is CC(=O)N[C@@H]1[C@@H](O)[C@H](O[C@@H]2O[C@H](CO)[C@@H](O[C@@H]3O[C@H](CO[C@H]4O[C@H](CO)[C@@H](O)[C@H](O)[C@@H]4O[C@H]4O[C@H](CO[C@H]5O[C@H](CO)[C@@H](O)[C@H](O)[C@@H]5O)[C@@H](O)[C@H](O)[C@H]4NC(C)=O)[C@@H](O)[C@H](O[C@@H]4O[C@H](CO)[C@@H](O)[C@H](O)[C@@H]4O)[C@@H]3O)[C@H](O)[C@H]2NC(C)=O)[C@@H](CO[C@@H]2O[C@H](CO)[C@@H](O)[C@H](O)[C@@H]2O)O[C@@H]1O. The molecule has 8 fully saturated rings. The fourth-order valence-electron chi connectivity index (χ4n) is 12.4. The van der Waals surface area contributed by atoms with Crippen molar-refractivity contribution in [3.63, 3.8) is 0 Å². The zero-order chi connectivity index (χ0) is 72.2. The fraction of sp³-hybridized carbons (Fsp3) is 0.944. The summed E-state index contributed by atoms with van der Waals surface area (Å²) in [6.45, 7) is -4.89. The number of carbonyl (C=O) groups is 3. The van der Waals surface area contributed by atoms with Crippen LogP contribution in [-0.2, 0) is 85.4 Å². The molecular formula is C54H91N3O41. The van der Waals surface area contributed by atoms with Gasteiger partial charge in [-0.2, -0.15) is 0 Å². The number of carbonyl (C=O) groups excluding carboxylic acids is 3. The summed E-state index contributed by atoms with van der Waals surface area (Å²) in [5.74, 6) is -2.63. The first-order chi connectivity index (χ1) is 46.3. The number of aliphatic hydroxyl groups is 23. The molecule has 98 heavy (non-hydrogen) atoms. The van der Waals surface area contributed by atoms with Gasteiger partial charge in [0.1, 0.15) is 195 Å². The van der Waals surface area contributed by atoms with Gasteiger partial charge in [0, 0.05) is 20.8 Å². The molecule has 26 N–H and O–H groups in total. The van der Waals surface area contributed by atoms with Gasteiger partial charge in [-0.05, 0) is 0 Å². The average molecular weight is 1440 g/mol. The van der Waals surface area contributed by atoms with E-state index in [2.05, 4.69) is 16.0 Å². The summed E-state index contributed by atoms with van der Waals surface area (Å²) in [6, 6.07) is -5.44. The lowest BCUT2D eigenvalue weighted by Crippen LogP contribution is -2.70. The van der Waals surface area contributed by atoms with Crippen molar-refractivity contribution < 1.29 is 203 Å².